The topological polar surface area (TPSA) is 20.2 Å². The second-order valence-corrected chi connectivity index (χ2v) is 3.90. The maximum Gasteiger partial charge on any atom is 0.200 e. The molecule has 0 aliphatic heterocycles. The summed E-state index contributed by atoms with van der Waals surface area (Å²) in [5.41, 5.74) is -1.97. The van der Waals surface area contributed by atoms with Gasteiger partial charge in [-0.1, -0.05) is 6.07 Å². The van der Waals surface area contributed by atoms with Crippen molar-refractivity contribution in [1.29, 1.82) is 0 Å². The molecule has 0 bridgehead atoms. The Hall–Kier alpha value is -2.02. The highest BCUT2D eigenvalue weighted by Crippen LogP contribution is 2.33. The highest BCUT2D eigenvalue weighted by molar-refractivity contribution is 5.69. The van der Waals surface area contributed by atoms with Crippen LogP contribution < -0.4 is 0 Å². The molecule has 0 amide bonds. The van der Waals surface area contributed by atoms with E-state index in [9.17, 15) is 26.3 Å². The summed E-state index contributed by atoms with van der Waals surface area (Å²) in [4.78, 5) is 0. The molecule has 0 atom stereocenters. The predicted octanol–water partition coefficient (Wildman–Crippen LogP) is 3.68. The van der Waals surface area contributed by atoms with Gasteiger partial charge in [-0.05, 0) is 23.3 Å². The molecule has 2 aromatic carbocycles. The first-order chi connectivity index (χ1) is 9.38. The summed E-state index contributed by atoms with van der Waals surface area (Å²) in [6, 6.07) is 2.36. The molecule has 0 radical (unpaired) electrons. The van der Waals surface area contributed by atoms with Crippen LogP contribution in [0.1, 0.15) is 5.56 Å². The number of hydrogen-bond donors (Lipinski definition) is 1. The van der Waals surface area contributed by atoms with Gasteiger partial charge in [0.15, 0.2) is 23.3 Å². The van der Waals surface area contributed by atoms with Gasteiger partial charge in [-0.2, -0.15) is 0 Å². The van der Waals surface area contributed by atoms with E-state index in [4.69, 9.17) is 5.11 Å². The van der Waals surface area contributed by atoms with Gasteiger partial charge in [0.1, 0.15) is 5.82 Å². The van der Waals surface area contributed by atoms with Gasteiger partial charge in [-0.3, -0.25) is 0 Å². The molecule has 0 spiro atoms. The van der Waals surface area contributed by atoms with Gasteiger partial charge in [-0.25, -0.2) is 26.3 Å². The third kappa shape index (κ3) is 2.14. The minimum Gasteiger partial charge on any atom is -0.392 e. The van der Waals surface area contributed by atoms with Crippen LogP contribution >= 0.6 is 0 Å². The van der Waals surface area contributed by atoms with Crippen molar-refractivity contribution in [2.45, 2.75) is 6.61 Å². The van der Waals surface area contributed by atoms with Crippen LogP contribution in [0.4, 0.5) is 26.3 Å². The summed E-state index contributed by atoms with van der Waals surface area (Å²) >= 11 is 0. The monoisotopic (exact) mass is 292 g/mol. The average Bonchev–Trinajstić information content (AvgIpc) is 2.44. The van der Waals surface area contributed by atoms with Crippen molar-refractivity contribution in [2.24, 2.45) is 0 Å². The summed E-state index contributed by atoms with van der Waals surface area (Å²) in [6.07, 6.45) is 0. The van der Waals surface area contributed by atoms with E-state index in [-0.39, 0.29) is 5.56 Å². The van der Waals surface area contributed by atoms with Gasteiger partial charge in [-0.15, -0.1) is 0 Å². The highest BCUT2D eigenvalue weighted by atomic mass is 19.2. The zero-order chi connectivity index (χ0) is 15.0. The van der Waals surface area contributed by atoms with Crippen LogP contribution in [0.5, 0.6) is 0 Å². The van der Waals surface area contributed by atoms with Crippen molar-refractivity contribution in [2.75, 3.05) is 0 Å². The lowest BCUT2D eigenvalue weighted by atomic mass is 9.98. The van der Waals surface area contributed by atoms with Crippen LogP contribution in [0.15, 0.2) is 18.2 Å². The van der Waals surface area contributed by atoms with Gasteiger partial charge in [0.2, 0.25) is 5.82 Å². The molecule has 0 saturated heterocycles. The highest BCUT2D eigenvalue weighted by Gasteiger charge is 2.27. The number of hydrogen-bond acceptors (Lipinski definition) is 1. The van der Waals surface area contributed by atoms with Gasteiger partial charge in [0, 0.05) is 0 Å². The van der Waals surface area contributed by atoms with Crippen LogP contribution in [0, 0.1) is 34.9 Å². The molecular formula is C13H6F6O. The number of aliphatic hydroxyl groups is 1. The van der Waals surface area contributed by atoms with E-state index in [0.717, 1.165) is 18.2 Å². The zero-order valence-electron chi connectivity index (χ0n) is 9.65. The first-order valence-corrected chi connectivity index (χ1v) is 5.29. The average molecular weight is 292 g/mol. The Morgan fingerprint density at radius 1 is 0.750 bits per heavy atom. The van der Waals surface area contributed by atoms with Gasteiger partial charge >= 0.3 is 0 Å². The smallest absolute Gasteiger partial charge is 0.200 e. The third-order valence-electron chi connectivity index (χ3n) is 2.72. The standard InChI is InChI=1S/C13H6F6O/c14-6-1-2-7(5(3-6)4-20)8-9(15)11(17)13(19)12(18)10(8)16/h1-3,20H,4H2. The Labute approximate surface area is 109 Å². The van der Waals surface area contributed by atoms with Crippen molar-refractivity contribution in [3.63, 3.8) is 0 Å². The fraction of sp³-hybridized carbons (Fsp3) is 0.0769. The number of aliphatic hydroxyl groups excluding tert-OH is 1. The van der Waals surface area contributed by atoms with E-state index in [1.165, 1.54) is 0 Å². The molecular weight excluding hydrogens is 286 g/mol. The molecule has 1 nitrogen and oxygen atoms in total. The van der Waals surface area contributed by atoms with E-state index >= 15 is 0 Å². The summed E-state index contributed by atoms with van der Waals surface area (Å²) in [5.74, 6) is -11.4. The molecule has 0 heterocycles. The largest absolute Gasteiger partial charge is 0.392 e. The molecule has 106 valence electrons. The van der Waals surface area contributed by atoms with Crippen LogP contribution in [-0.2, 0) is 6.61 Å². The maximum absolute atomic E-state index is 13.6. The number of benzene rings is 2. The molecule has 0 aliphatic carbocycles. The van der Waals surface area contributed by atoms with Gasteiger partial charge < -0.3 is 5.11 Å². The van der Waals surface area contributed by atoms with Crippen molar-refractivity contribution < 1.29 is 31.4 Å². The second-order valence-electron chi connectivity index (χ2n) is 3.90. The fourth-order valence-electron chi connectivity index (χ4n) is 1.78. The third-order valence-corrected chi connectivity index (χ3v) is 2.72. The first-order valence-electron chi connectivity index (χ1n) is 5.29. The van der Waals surface area contributed by atoms with Crippen molar-refractivity contribution >= 4 is 0 Å². The molecule has 0 fully saturated rings. The molecule has 2 aromatic rings. The van der Waals surface area contributed by atoms with E-state index < -0.39 is 52.6 Å². The first kappa shape index (κ1) is 14.4. The fourth-order valence-corrected chi connectivity index (χ4v) is 1.78. The van der Waals surface area contributed by atoms with E-state index in [2.05, 4.69) is 0 Å². The Morgan fingerprint density at radius 2 is 1.25 bits per heavy atom. The minimum absolute atomic E-state index is 0.298. The Balaban J connectivity index is 2.83. The van der Waals surface area contributed by atoms with Crippen LogP contribution in [0.3, 0.4) is 0 Å². The van der Waals surface area contributed by atoms with Crippen LogP contribution in [0.2, 0.25) is 0 Å². The van der Waals surface area contributed by atoms with Crippen LogP contribution in [0.25, 0.3) is 11.1 Å². The molecule has 0 unspecified atom stereocenters. The lowest BCUT2D eigenvalue weighted by molar-refractivity contribution is 0.281. The Morgan fingerprint density at radius 3 is 1.75 bits per heavy atom. The summed E-state index contributed by atoms with van der Waals surface area (Å²) in [7, 11) is 0. The van der Waals surface area contributed by atoms with Crippen molar-refractivity contribution in [3.05, 3.63) is 58.7 Å². The SMILES string of the molecule is OCc1cc(F)ccc1-c1c(F)c(F)c(F)c(F)c1F. The van der Waals surface area contributed by atoms with E-state index in [1.807, 2.05) is 0 Å². The molecule has 20 heavy (non-hydrogen) atoms. The molecule has 0 aromatic heterocycles. The predicted molar refractivity (Wildman–Crippen MR) is 57.5 cm³/mol. The van der Waals surface area contributed by atoms with Gasteiger partial charge in [0.05, 0.1) is 12.2 Å². The number of rotatable bonds is 2. The second kappa shape index (κ2) is 5.16. The normalized spacial score (nSPS) is 10.9. The number of halogens is 6. The van der Waals surface area contributed by atoms with E-state index in [0.29, 0.717) is 0 Å². The Kier molecular flexibility index (Phi) is 3.71. The lowest BCUT2D eigenvalue weighted by Gasteiger charge is -2.11. The minimum atomic E-state index is -2.28. The van der Waals surface area contributed by atoms with Gasteiger partial charge in [0.25, 0.3) is 0 Å². The lowest BCUT2D eigenvalue weighted by Crippen LogP contribution is -2.05. The molecule has 2 rings (SSSR count). The summed E-state index contributed by atoms with van der Waals surface area (Å²) in [5, 5.41) is 9.01. The Bertz CT molecular complexity index is 654. The summed E-state index contributed by atoms with van der Waals surface area (Å²) < 4.78 is 79.3. The van der Waals surface area contributed by atoms with Crippen molar-refractivity contribution in [1.82, 2.24) is 0 Å². The molecule has 0 aliphatic rings. The zero-order valence-corrected chi connectivity index (χ0v) is 9.65. The maximum atomic E-state index is 13.6. The summed E-state index contributed by atoms with van der Waals surface area (Å²) in [6.45, 7) is -0.827. The molecule has 0 saturated carbocycles. The quantitative estimate of drug-likeness (QED) is 0.508. The molecule has 7 heteroatoms. The van der Waals surface area contributed by atoms with Crippen LogP contribution in [-0.4, -0.2) is 5.11 Å². The van der Waals surface area contributed by atoms with E-state index in [1.54, 1.807) is 0 Å². The van der Waals surface area contributed by atoms with Crippen molar-refractivity contribution in [3.8, 4) is 11.1 Å². The molecule has 1 N–H and O–H groups in total.